The van der Waals surface area contributed by atoms with E-state index in [0.717, 1.165) is 23.4 Å². The van der Waals surface area contributed by atoms with Crippen LogP contribution in [0.15, 0.2) is 46.7 Å². The van der Waals surface area contributed by atoms with Crippen LogP contribution in [0.2, 0.25) is 0 Å². The van der Waals surface area contributed by atoms with Gasteiger partial charge in [-0.25, -0.2) is 9.69 Å². The first kappa shape index (κ1) is 14.3. The van der Waals surface area contributed by atoms with Gasteiger partial charge in [-0.15, -0.1) is 0 Å². The van der Waals surface area contributed by atoms with Crippen molar-refractivity contribution >= 4 is 17.4 Å². The topological polar surface area (TPSA) is 57.5 Å². The van der Waals surface area contributed by atoms with Crippen molar-refractivity contribution in [1.82, 2.24) is 5.43 Å². The van der Waals surface area contributed by atoms with Crippen LogP contribution in [0.3, 0.4) is 0 Å². The lowest BCUT2D eigenvalue weighted by Gasteiger charge is -2.21. The highest BCUT2D eigenvalue weighted by Gasteiger charge is 2.18. The van der Waals surface area contributed by atoms with Gasteiger partial charge in [-0.1, -0.05) is 25.6 Å². The summed E-state index contributed by atoms with van der Waals surface area (Å²) in [5.41, 5.74) is 9.25. The molecule has 21 heavy (non-hydrogen) atoms. The fraction of sp³-hybridized carbons (Fsp3) is 0.200. The van der Waals surface area contributed by atoms with Gasteiger partial charge in [0.2, 0.25) is 0 Å². The number of rotatable bonds is 3. The third kappa shape index (κ3) is 3.46. The van der Waals surface area contributed by atoms with Gasteiger partial charge in [-0.05, 0) is 37.3 Å². The Labute approximate surface area is 123 Å². The SMILES string of the molecule is [C-]#[N+]C(=NNc1ccc(C2=NNC(=C)C[C@H]2C)cc1)[N+]#[C-]. The van der Waals surface area contributed by atoms with E-state index in [2.05, 4.69) is 44.2 Å². The van der Waals surface area contributed by atoms with E-state index in [4.69, 9.17) is 13.1 Å². The molecule has 6 nitrogen and oxygen atoms in total. The molecule has 0 saturated carbocycles. The van der Waals surface area contributed by atoms with Crippen LogP contribution >= 0.6 is 0 Å². The normalized spacial score (nSPS) is 16.8. The highest BCUT2D eigenvalue weighted by atomic mass is 15.3. The third-order valence-electron chi connectivity index (χ3n) is 3.02. The monoisotopic (exact) mass is 278 g/mol. The lowest BCUT2D eigenvalue weighted by Crippen LogP contribution is -2.25. The second kappa shape index (κ2) is 6.36. The van der Waals surface area contributed by atoms with Crippen molar-refractivity contribution in [2.45, 2.75) is 13.3 Å². The predicted octanol–water partition coefficient (Wildman–Crippen LogP) is 3.06. The molecule has 2 rings (SSSR count). The van der Waals surface area contributed by atoms with Crippen LogP contribution in [0.1, 0.15) is 18.9 Å². The number of hydrogen-bond acceptors (Lipinski definition) is 4. The molecule has 1 atom stereocenters. The number of hydrazone groups is 2. The number of benzene rings is 1. The Kier molecular flexibility index (Phi) is 4.33. The molecule has 0 amide bonds. The van der Waals surface area contributed by atoms with Crippen molar-refractivity contribution in [2.24, 2.45) is 16.1 Å². The summed E-state index contributed by atoms with van der Waals surface area (Å²) in [7, 11) is 0. The molecule has 104 valence electrons. The van der Waals surface area contributed by atoms with E-state index in [1.54, 1.807) is 0 Å². The summed E-state index contributed by atoms with van der Waals surface area (Å²) in [5, 5.41) is 8.03. The third-order valence-corrected chi connectivity index (χ3v) is 3.02. The molecule has 1 aromatic rings. The Balaban J connectivity index is 2.13. The molecular formula is C15H14N6. The van der Waals surface area contributed by atoms with Crippen LogP contribution in [0, 0.1) is 19.1 Å². The first-order valence-corrected chi connectivity index (χ1v) is 6.34. The van der Waals surface area contributed by atoms with Gasteiger partial charge in [-0.2, -0.15) is 10.5 Å². The van der Waals surface area contributed by atoms with Gasteiger partial charge in [0.05, 0.1) is 11.4 Å². The maximum Gasteiger partial charge on any atom is 0.657 e. The average Bonchev–Trinajstić information content (AvgIpc) is 2.49. The minimum atomic E-state index is -0.243. The molecule has 2 N–H and O–H groups in total. The van der Waals surface area contributed by atoms with Crippen LogP contribution in [-0.2, 0) is 0 Å². The first-order valence-electron chi connectivity index (χ1n) is 6.34. The van der Waals surface area contributed by atoms with Crippen molar-refractivity contribution in [2.75, 3.05) is 5.43 Å². The van der Waals surface area contributed by atoms with E-state index < -0.39 is 0 Å². The minimum absolute atomic E-state index is 0.243. The molecule has 1 aliphatic heterocycles. The molecule has 0 saturated heterocycles. The van der Waals surface area contributed by atoms with Crippen molar-refractivity contribution < 1.29 is 0 Å². The van der Waals surface area contributed by atoms with E-state index in [1.165, 1.54) is 0 Å². The van der Waals surface area contributed by atoms with E-state index in [0.29, 0.717) is 11.6 Å². The molecule has 0 aliphatic carbocycles. The molecule has 1 heterocycles. The van der Waals surface area contributed by atoms with Crippen LogP contribution in [0.25, 0.3) is 9.69 Å². The highest BCUT2D eigenvalue weighted by molar-refractivity contribution is 6.02. The summed E-state index contributed by atoms with van der Waals surface area (Å²) < 4.78 is 0. The second-order valence-corrected chi connectivity index (χ2v) is 4.64. The van der Waals surface area contributed by atoms with Gasteiger partial charge in [0, 0.05) is 11.6 Å². The van der Waals surface area contributed by atoms with Gasteiger partial charge in [0.15, 0.2) is 0 Å². The average molecular weight is 278 g/mol. The van der Waals surface area contributed by atoms with E-state index in [-0.39, 0.29) is 5.96 Å². The Hall–Kier alpha value is -3.12. The summed E-state index contributed by atoms with van der Waals surface area (Å²) >= 11 is 0. The Bertz CT molecular complexity index is 668. The molecule has 0 unspecified atom stereocenters. The second-order valence-electron chi connectivity index (χ2n) is 4.64. The fourth-order valence-electron chi connectivity index (χ4n) is 2.02. The van der Waals surface area contributed by atoms with Crippen LogP contribution in [-0.4, -0.2) is 11.7 Å². The maximum absolute atomic E-state index is 6.74. The van der Waals surface area contributed by atoms with E-state index in [1.807, 2.05) is 24.3 Å². The van der Waals surface area contributed by atoms with Crippen LogP contribution in [0.5, 0.6) is 0 Å². The van der Waals surface area contributed by atoms with Crippen molar-refractivity contribution in [1.29, 1.82) is 0 Å². The predicted molar refractivity (Wildman–Crippen MR) is 83.3 cm³/mol. The minimum Gasteiger partial charge on any atom is -0.283 e. The van der Waals surface area contributed by atoms with Crippen LogP contribution in [0.4, 0.5) is 5.69 Å². The van der Waals surface area contributed by atoms with Gasteiger partial charge in [0.1, 0.15) is 5.10 Å². The first-order chi connectivity index (χ1) is 10.1. The van der Waals surface area contributed by atoms with Gasteiger partial charge in [-0.3, -0.25) is 5.43 Å². The van der Waals surface area contributed by atoms with Gasteiger partial charge >= 0.3 is 5.96 Å². The number of nitrogens with zero attached hydrogens (tertiary/aromatic N) is 4. The summed E-state index contributed by atoms with van der Waals surface area (Å²) in [6.45, 7) is 19.5. The molecule has 1 aliphatic rings. The lowest BCUT2D eigenvalue weighted by atomic mass is 9.93. The molecule has 0 fully saturated rings. The molecule has 0 spiro atoms. The zero-order valence-electron chi connectivity index (χ0n) is 11.6. The standard InChI is InChI=1S/C15H14N6/c1-10-9-11(2)18-20-14(10)12-5-7-13(8-6-12)19-21-15(16-3)17-4/h5-8,10,18-19H,2,9H2,1H3/t10-/m1/s1. The number of allylic oxidation sites excluding steroid dienone is 1. The molecule has 0 radical (unpaired) electrons. The van der Waals surface area contributed by atoms with Crippen molar-refractivity contribution in [3.05, 3.63) is 64.9 Å². The quantitative estimate of drug-likeness (QED) is 0.386. The lowest BCUT2D eigenvalue weighted by molar-refractivity contribution is 0.653. The smallest absolute Gasteiger partial charge is 0.283 e. The van der Waals surface area contributed by atoms with E-state index >= 15 is 0 Å². The molecule has 1 aromatic carbocycles. The summed E-state index contributed by atoms with van der Waals surface area (Å²) in [6, 6.07) is 7.53. The number of guanidine groups is 1. The molecule has 0 aromatic heterocycles. The summed E-state index contributed by atoms with van der Waals surface area (Å²) in [4.78, 5) is 5.95. The molecule has 6 heteroatoms. The van der Waals surface area contributed by atoms with Crippen molar-refractivity contribution in [3.8, 4) is 0 Å². The zero-order valence-corrected chi connectivity index (χ0v) is 11.6. The Morgan fingerprint density at radius 3 is 2.62 bits per heavy atom. The number of hydrogen-bond donors (Lipinski definition) is 2. The summed E-state index contributed by atoms with van der Waals surface area (Å²) in [6.07, 6.45) is 0.864. The molecular weight excluding hydrogens is 264 g/mol. The fourth-order valence-corrected chi connectivity index (χ4v) is 2.02. The van der Waals surface area contributed by atoms with Crippen LogP contribution < -0.4 is 10.9 Å². The zero-order chi connectivity index (χ0) is 15.2. The Morgan fingerprint density at radius 2 is 2.05 bits per heavy atom. The molecule has 0 bridgehead atoms. The number of nitrogens with one attached hydrogen (secondary N) is 2. The Morgan fingerprint density at radius 1 is 1.38 bits per heavy atom. The van der Waals surface area contributed by atoms with Gasteiger partial charge < -0.3 is 0 Å². The largest absolute Gasteiger partial charge is 0.657 e. The van der Waals surface area contributed by atoms with Gasteiger partial charge in [0.25, 0.3) is 0 Å². The summed E-state index contributed by atoms with van der Waals surface area (Å²) in [5.74, 6) is 0.0680. The highest BCUT2D eigenvalue weighted by Crippen LogP contribution is 2.21. The number of anilines is 1. The maximum atomic E-state index is 6.74. The van der Waals surface area contributed by atoms with E-state index in [9.17, 15) is 0 Å². The van der Waals surface area contributed by atoms with Crippen molar-refractivity contribution in [3.63, 3.8) is 0 Å².